The normalized spacial score (nSPS) is 11.9. The van der Waals surface area contributed by atoms with E-state index in [4.69, 9.17) is 5.11 Å². The Morgan fingerprint density at radius 1 is 1.33 bits per heavy atom. The Hall–Kier alpha value is -2.70. The summed E-state index contributed by atoms with van der Waals surface area (Å²) < 4.78 is 1.20. The van der Waals surface area contributed by atoms with Crippen molar-refractivity contribution in [3.63, 3.8) is 0 Å². The summed E-state index contributed by atoms with van der Waals surface area (Å²) >= 11 is 0. The predicted molar refractivity (Wildman–Crippen MR) is 74.7 cm³/mol. The lowest BCUT2D eigenvalue weighted by atomic mass is 10.1. The summed E-state index contributed by atoms with van der Waals surface area (Å²) in [5.74, 6) is -1.43. The lowest BCUT2D eigenvalue weighted by Gasteiger charge is -2.14. The van der Waals surface area contributed by atoms with Gasteiger partial charge in [-0.2, -0.15) is 0 Å². The minimum absolute atomic E-state index is 0.0729. The van der Waals surface area contributed by atoms with Gasteiger partial charge in [-0.15, -0.1) is 5.10 Å². The average Bonchev–Trinajstić information content (AvgIpc) is 2.87. The molecule has 0 aliphatic rings. The molecule has 1 atom stereocenters. The molecular formula is C14H16N4O3. The van der Waals surface area contributed by atoms with Gasteiger partial charge in [-0.05, 0) is 19.4 Å². The number of aromatic nitrogens is 3. The first kappa shape index (κ1) is 14.7. The Bertz CT molecular complexity index is 648. The highest BCUT2D eigenvalue weighted by atomic mass is 16.4. The molecule has 0 bridgehead atoms. The Balaban J connectivity index is 1.94. The zero-order valence-electron chi connectivity index (χ0n) is 11.8. The molecule has 0 fully saturated rings. The van der Waals surface area contributed by atoms with Crippen molar-refractivity contribution in [2.75, 3.05) is 0 Å². The van der Waals surface area contributed by atoms with Crippen molar-refractivity contribution in [3.05, 3.63) is 47.3 Å². The van der Waals surface area contributed by atoms with Gasteiger partial charge >= 0.3 is 5.97 Å². The lowest BCUT2D eigenvalue weighted by Crippen LogP contribution is -2.30. The second-order valence-corrected chi connectivity index (χ2v) is 4.81. The number of nitrogens with zero attached hydrogens (tertiary/aromatic N) is 3. The third-order valence-corrected chi connectivity index (χ3v) is 3.02. The maximum Gasteiger partial charge on any atom is 0.358 e. The van der Waals surface area contributed by atoms with Crippen LogP contribution >= 0.6 is 0 Å². The molecule has 0 spiro atoms. The number of carboxylic acids is 1. The highest BCUT2D eigenvalue weighted by molar-refractivity contribution is 5.84. The number of aromatic carboxylic acids is 1. The molecule has 21 heavy (non-hydrogen) atoms. The first-order valence-electron chi connectivity index (χ1n) is 6.45. The van der Waals surface area contributed by atoms with Gasteiger partial charge in [-0.25, -0.2) is 9.48 Å². The summed E-state index contributed by atoms with van der Waals surface area (Å²) in [5.41, 5.74) is 1.97. The van der Waals surface area contributed by atoms with Crippen molar-refractivity contribution in [1.29, 1.82) is 0 Å². The fourth-order valence-corrected chi connectivity index (χ4v) is 1.85. The van der Waals surface area contributed by atoms with E-state index in [0.717, 1.165) is 11.1 Å². The number of aryl methyl sites for hydroxylation is 1. The van der Waals surface area contributed by atoms with E-state index < -0.39 is 5.97 Å². The van der Waals surface area contributed by atoms with Crippen LogP contribution in [0.5, 0.6) is 0 Å². The van der Waals surface area contributed by atoms with E-state index in [-0.39, 0.29) is 24.2 Å². The van der Waals surface area contributed by atoms with Crippen LogP contribution in [-0.2, 0) is 11.3 Å². The molecule has 7 heteroatoms. The Labute approximate surface area is 121 Å². The van der Waals surface area contributed by atoms with E-state index in [1.807, 2.05) is 38.1 Å². The molecule has 1 amide bonds. The molecular weight excluding hydrogens is 272 g/mol. The van der Waals surface area contributed by atoms with Crippen LogP contribution in [0.15, 0.2) is 30.5 Å². The molecule has 2 rings (SSSR count). The van der Waals surface area contributed by atoms with Crippen LogP contribution in [0.25, 0.3) is 0 Å². The van der Waals surface area contributed by atoms with Gasteiger partial charge in [0.1, 0.15) is 6.54 Å². The van der Waals surface area contributed by atoms with Crippen molar-refractivity contribution in [1.82, 2.24) is 20.3 Å². The number of hydrogen-bond donors (Lipinski definition) is 2. The summed E-state index contributed by atoms with van der Waals surface area (Å²) in [5, 5.41) is 18.6. The van der Waals surface area contributed by atoms with E-state index in [1.165, 1.54) is 10.9 Å². The molecule has 1 heterocycles. The molecule has 1 unspecified atom stereocenters. The zero-order chi connectivity index (χ0) is 15.4. The molecule has 2 N–H and O–H groups in total. The second kappa shape index (κ2) is 6.17. The van der Waals surface area contributed by atoms with E-state index in [1.54, 1.807) is 0 Å². The average molecular weight is 288 g/mol. The van der Waals surface area contributed by atoms with Gasteiger partial charge < -0.3 is 10.4 Å². The number of carbonyl (C=O) groups excluding carboxylic acids is 1. The van der Waals surface area contributed by atoms with Gasteiger partial charge in [-0.3, -0.25) is 4.79 Å². The van der Waals surface area contributed by atoms with Crippen LogP contribution < -0.4 is 5.32 Å². The monoisotopic (exact) mass is 288 g/mol. The number of nitrogens with one attached hydrogen (secondary N) is 1. The van der Waals surface area contributed by atoms with Crippen molar-refractivity contribution >= 4 is 11.9 Å². The summed E-state index contributed by atoms with van der Waals surface area (Å²) in [6.07, 6.45) is 1.22. The van der Waals surface area contributed by atoms with Crippen molar-refractivity contribution in [3.8, 4) is 0 Å². The molecule has 0 saturated carbocycles. The lowest BCUT2D eigenvalue weighted by molar-refractivity contribution is -0.122. The van der Waals surface area contributed by atoms with Crippen LogP contribution in [0.2, 0.25) is 0 Å². The largest absolute Gasteiger partial charge is 0.476 e. The highest BCUT2D eigenvalue weighted by Crippen LogP contribution is 2.12. The van der Waals surface area contributed by atoms with Crippen molar-refractivity contribution in [2.45, 2.75) is 26.4 Å². The van der Waals surface area contributed by atoms with Crippen molar-refractivity contribution < 1.29 is 14.7 Å². The van der Waals surface area contributed by atoms with Crippen LogP contribution in [0, 0.1) is 6.92 Å². The van der Waals surface area contributed by atoms with E-state index in [9.17, 15) is 9.59 Å². The second-order valence-electron chi connectivity index (χ2n) is 4.81. The highest BCUT2D eigenvalue weighted by Gasteiger charge is 2.13. The third-order valence-electron chi connectivity index (χ3n) is 3.02. The summed E-state index contributed by atoms with van der Waals surface area (Å²) in [6, 6.07) is 7.74. The molecule has 1 aromatic carbocycles. The molecule has 0 saturated heterocycles. The number of benzene rings is 1. The molecule has 7 nitrogen and oxygen atoms in total. The standard InChI is InChI=1S/C14H16N4O3/c1-9-3-5-11(6-4-9)10(2)15-13(19)8-18-7-12(14(20)21)16-17-18/h3-7,10H,8H2,1-2H3,(H,15,19)(H,20,21). The van der Waals surface area contributed by atoms with Gasteiger partial charge in [0, 0.05) is 0 Å². The van der Waals surface area contributed by atoms with Gasteiger partial charge in [-0.1, -0.05) is 35.0 Å². The topological polar surface area (TPSA) is 97.1 Å². The van der Waals surface area contributed by atoms with E-state index in [2.05, 4.69) is 15.6 Å². The van der Waals surface area contributed by atoms with E-state index >= 15 is 0 Å². The zero-order valence-corrected chi connectivity index (χ0v) is 11.8. The maximum absolute atomic E-state index is 11.9. The van der Waals surface area contributed by atoms with Gasteiger partial charge in [0.25, 0.3) is 0 Å². The first-order chi connectivity index (χ1) is 9.95. The minimum atomic E-state index is -1.17. The number of amides is 1. The Morgan fingerprint density at radius 2 is 2.00 bits per heavy atom. The van der Waals surface area contributed by atoms with Gasteiger partial charge in [0.15, 0.2) is 5.69 Å². The minimum Gasteiger partial charge on any atom is -0.476 e. The Morgan fingerprint density at radius 3 is 2.57 bits per heavy atom. The van der Waals surface area contributed by atoms with Crippen LogP contribution in [0.3, 0.4) is 0 Å². The fraction of sp³-hybridized carbons (Fsp3) is 0.286. The van der Waals surface area contributed by atoms with Crippen LogP contribution in [0.1, 0.15) is 34.6 Å². The molecule has 2 aromatic rings. The number of hydrogen-bond acceptors (Lipinski definition) is 4. The van der Waals surface area contributed by atoms with E-state index in [0.29, 0.717) is 0 Å². The summed E-state index contributed by atoms with van der Waals surface area (Å²) in [4.78, 5) is 22.6. The fourth-order valence-electron chi connectivity index (χ4n) is 1.85. The molecule has 110 valence electrons. The first-order valence-corrected chi connectivity index (χ1v) is 6.45. The number of carboxylic acid groups (broad SMARTS) is 1. The number of rotatable bonds is 5. The van der Waals surface area contributed by atoms with Crippen molar-refractivity contribution in [2.24, 2.45) is 0 Å². The summed E-state index contributed by atoms with van der Waals surface area (Å²) in [6.45, 7) is 3.81. The van der Waals surface area contributed by atoms with Crippen LogP contribution in [0.4, 0.5) is 0 Å². The quantitative estimate of drug-likeness (QED) is 0.860. The maximum atomic E-state index is 11.9. The smallest absolute Gasteiger partial charge is 0.358 e. The molecule has 0 aliphatic carbocycles. The van der Waals surface area contributed by atoms with Gasteiger partial charge in [0.05, 0.1) is 12.2 Å². The predicted octanol–water partition coefficient (Wildman–Crippen LogP) is 1.16. The molecule has 1 aromatic heterocycles. The molecule has 0 aliphatic heterocycles. The summed E-state index contributed by atoms with van der Waals surface area (Å²) in [7, 11) is 0. The Kier molecular flexibility index (Phi) is 4.32. The number of carbonyl (C=O) groups is 2. The molecule has 0 radical (unpaired) electrons. The van der Waals surface area contributed by atoms with Gasteiger partial charge in [0.2, 0.25) is 5.91 Å². The SMILES string of the molecule is Cc1ccc(C(C)NC(=O)Cn2cc(C(=O)O)nn2)cc1. The third kappa shape index (κ3) is 3.88. The van der Waals surface area contributed by atoms with Crippen LogP contribution in [-0.4, -0.2) is 32.0 Å².